The van der Waals surface area contributed by atoms with Gasteiger partial charge < -0.3 is 0 Å². The number of benzene rings is 1. The Morgan fingerprint density at radius 3 is 2.27 bits per heavy atom. The van der Waals surface area contributed by atoms with Gasteiger partial charge in [0.05, 0.1) is 5.02 Å². The van der Waals surface area contributed by atoms with Gasteiger partial charge in [-0.3, -0.25) is 0 Å². The monoisotopic (exact) mass is 379 g/mol. The summed E-state index contributed by atoms with van der Waals surface area (Å²) in [5, 5.41) is 1.27. The van der Waals surface area contributed by atoms with Gasteiger partial charge >= 0.3 is 0 Å². The van der Waals surface area contributed by atoms with Crippen molar-refractivity contribution in [3.8, 4) is 0 Å². The molecule has 2 fully saturated rings. The Morgan fingerprint density at radius 2 is 1.73 bits per heavy atom. The number of sulfonamides is 1. The van der Waals surface area contributed by atoms with E-state index >= 15 is 0 Å². The molecular formula is C15H19Cl2NO2S2. The van der Waals surface area contributed by atoms with Crippen LogP contribution < -0.4 is 0 Å². The Bertz CT molecular complexity index is 679. The molecule has 22 heavy (non-hydrogen) atoms. The van der Waals surface area contributed by atoms with Crippen LogP contribution >= 0.6 is 35.0 Å². The number of hydrogen-bond donors (Lipinski definition) is 0. The summed E-state index contributed by atoms with van der Waals surface area (Å²) in [6.07, 6.45) is 5.87. The van der Waals surface area contributed by atoms with E-state index in [9.17, 15) is 8.42 Å². The molecule has 122 valence electrons. The van der Waals surface area contributed by atoms with Gasteiger partial charge in [0.1, 0.15) is 4.90 Å². The van der Waals surface area contributed by atoms with Crippen molar-refractivity contribution in [1.29, 1.82) is 0 Å². The first-order valence-electron chi connectivity index (χ1n) is 7.36. The first-order chi connectivity index (χ1) is 10.3. The minimum atomic E-state index is -3.57. The topological polar surface area (TPSA) is 37.4 Å². The van der Waals surface area contributed by atoms with Crippen molar-refractivity contribution in [2.75, 3.05) is 6.26 Å². The lowest BCUT2D eigenvalue weighted by molar-refractivity contribution is 0.253. The molecule has 3 rings (SSSR count). The van der Waals surface area contributed by atoms with Crippen LogP contribution in [0.15, 0.2) is 17.0 Å². The molecule has 7 heteroatoms. The molecule has 2 heterocycles. The largest absolute Gasteiger partial charge is 0.245 e. The molecule has 0 aromatic heterocycles. The summed E-state index contributed by atoms with van der Waals surface area (Å²) >= 11 is 14.1. The lowest BCUT2D eigenvalue weighted by Crippen LogP contribution is -2.47. The van der Waals surface area contributed by atoms with Gasteiger partial charge in [0.25, 0.3) is 0 Å². The van der Waals surface area contributed by atoms with E-state index in [1.165, 1.54) is 6.07 Å². The maximum Gasteiger partial charge on any atom is 0.245 e. The highest BCUT2D eigenvalue weighted by atomic mass is 35.5. The summed E-state index contributed by atoms with van der Waals surface area (Å²) in [4.78, 5) is 0.190. The van der Waals surface area contributed by atoms with Crippen LogP contribution in [0.3, 0.4) is 0 Å². The first kappa shape index (κ1) is 16.9. The number of nitrogens with zero attached hydrogens (tertiary/aromatic N) is 1. The Kier molecular flexibility index (Phi) is 4.74. The van der Waals surface area contributed by atoms with E-state index in [4.69, 9.17) is 23.2 Å². The van der Waals surface area contributed by atoms with Gasteiger partial charge in [-0.15, -0.1) is 0 Å². The lowest BCUT2D eigenvalue weighted by Gasteiger charge is -2.37. The van der Waals surface area contributed by atoms with Gasteiger partial charge in [-0.25, -0.2) is 8.42 Å². The van der Waals surface area contributed by atoms with Crippen LogP contribution in [0.25, 0.3) is 0 Å². The van der Waals surface area contributed by atoms with Crippen molar-refractivity contribution in [2.24, 2.45) is 0 Å². The van der Waals surface area contributed by atoms with Gasteiger partial charge in [-0.1, -0.05) is 23.2 Å². The summed E-state index contributed by atoms with van der Waals surface area (Å²) in [6, 6.07) is 3.34. The van der Waals surface area contributed by atoms with Gasteiger partial charge in [0.15, 0.2) is 0 Å². The van der Waals surface area contributed by atoms with Crippen molar-refractivity contribution >= 4 is 45.0 Å². The second kappa shape index (κ2) is 6.17. The average Bonchev–Trinajstić information content (AvgIpc) is 2.74. The second-order valence-corrected chi connectivity index (χ2v) is 9.84. The van der Waals surface area contributed by atoms with Crippen molar-refractivity contribution in [3.63, 3.8) is 0 Å². The number of hydrogen-bond acceptors (Lipinski definition) is 3. The Hall–Kier alpha value is 0.0600. The third-order valence-corrected chi connectivity index (χ3v) is 8.65. The molecule has 1 aromatic carbocycles. The highest BCUT2D eigenvalue weighted by Crippen LogP contribution is 2.44. The molecule has 2 unspecified atom stereocenters. The van der Waals surface area contributed by atoms with Crippen LogP contribution in [-0.2, 0) is 10.0 Å². The van der Waals surface area contributed by atoms with Crippen molar-refractivity contribution in [2.45, 2.75) is 54.8 Å². The van der Waals surface area contributed by atoms with E-state index in [1.807, 2.05) is 11.8 Å². The van der Waals surface area contributed by atoms with Crippen LogP contribution in [0.2, 0.25) is 10.0 Å². The standard InChI is InChI=1S/C15H19Cl2NO2S2/c1-9-5-15(14(17)8-13(9)16)22(19,20)18-10-3-4-11(18)7-12(6-10)21-2/h5,8,10-12H,3-4,6-7H2,1-2H3. The van der Waals surface area contributed by atoms with Gasteiger partial charge in [0, 0.05) is 22.4 Å². The molecule has 2 aliphatic rings. The maximum absolute atomic E-state index is 13.1. The number of fused-ring (bicyclic) bond motifs is 2. The van der Waals surface area contributed by atoms with E-state index in [0.29, 0.717) is 10.3 Å². The van der Waals surface area contributed by atoms with E-state index in [0.717, 1.165) is 31.2 Å². The third-order valence-electron chi connectivity index (χ3n) is 4.72. The third kappa shape index (κ3) is 2.80. The van der Waals surface area contributed by atoms with Crippen LogP contribution in [0.5, 0.6) is 0 Å². The van der Waals surface area contributed by atoms with Crippen LogP contribution in [0, 0.1) is 6.92 Å². The quantitative estimate of drug-likeness (QED) is 0.783. The summed E-state index contributed by atoms with van der Waals surface area (Å²) in [6.45, 7) is 1.80. The molecule has 2 bridgehead atoms. The highest BCUT2D eigenvalue weighted by molar-refractivity contribution is 7.99. The molecule has 0 radical (unpaired) electrons. The number of piperidine rings is 1. The van der Waals surface area contributed by atoms with Crippen molar-refractivity contribution in [3.05, 3.63) is 27.7 Å². The zero-order chi connectivity index (χ0) is 16.1. The molecule has 1 aromatic rings. The Labute approximate surface area is 146 Å². The molecule has 2 atom stereocenters. The number of aryl methyl sites for hydroxylation is 1. The number of thioether (sulfide) groups is 1. The molecule has 3 nitrogen and oxygen atoms in total. The summed E-state index contributed by atoms with van der Waals surface area (Å²) in [7, 11) is -3.57. The summed E-state index contributed by atoms with van der Waals surface area (Å²) in [5.74, 6) is 0. The smallest absolute Gasteiger partial charge is 0.207 e. The van der Waals surface area contributed by atoms with Crippen LogP contribution in [-0.4, -0.2) is 36.3 Å². The maximum atomic E-state index is 13.1. The number of rotatable bonds is 3. The van der Waals surface area contributed by atoms with Crippen LogP contribution in [0.1, 0.15) is 31.2 Å². The normalized spacial score (nSPS) is 29.0. The molecule has 2 saturated heterocycles. The zero-order valence-electron chi connectivity index (χ0n) is 12.6. The van der Waals surface area contributed by atoms with E-state index < -0.39 is 10.0 Å². The molecule has 2 aliphatic heterocycles. The highest BCUT2D eigenvalue weighted by Gasteiger charge is 2.47. The van der Waals surface area contributed by atoms with E-state index in [-0.39, 0.29) is 22.0 Å². The molecule has 0 aliphatic carbocycles. The first-order valence-corrected chi connectivity index (χ1v) is 10.8. The molecule has 0 saturated carbocycles. The minimum Gasteiger partial charge on any atom is -0.207 e. The van der Waals surface area contributed by atoms with Gasteiger partial charge in [-0.2, -0.15) is 16.1 Å². The molecule has 0 amide bonds. The van der Waals surface area contributed by atoms with Gasteiger partial charge in [-0.05, 0) is 56.6 Å². The zero-order valence-corrected chi connectivity index (χ0v) is 15.7. The fourth-order valence-corrected chi connectivity index (χ4v) is 7.14. The van der Waals surface area contributed by atoms with Gasteiger partial charge in [0.2, 0.25) is 10.0 Å². The molecule has 0 spiro atoms. The Balaban J connectivity index is 2.00. The van der Waals surface area contributed by atoms with Crippen LogP contribution in [0.4, 0.5) is 0 Å². The van der Waals surface area contributed by atoms with Crippen molar-refractivity contribution in [1.82, 2.24) is 4.31 Å². The van der Waals surface area contributed by atoms with Crippen molar-refractivity contribution < 1.29 is 8.42 Å². The predicted octanol–water partition coefficient (Wildman–Crippen LogP) is 4.35. The SMILES string of the molecule is CSC1CC2CCC(C1)N2S(=O)(=O)c1cc(C)c(Cl)cc1Cl. The van der Waals surface area contributed by atoms with E-state index in [2.05, 4.69) is 6.26 Å². The molecular weight excluding hydrogens is 361 g/mol. The fraction of sp³-hybridized carbons (Fsp3) is 0.600. The van der Waals surface area contributed by atoms with E-state index in [1.54, 1.807) is 17.3 Å². The lowest BCUT2D eigenvalue weighted by atomic mass is 10.1. The fourth-order valence-electron chi connectivity index (χ4n) is 3.61. The second-order valence-electron chi connectivity index (χ2n) is 6.08. The number of halogens is 2. The summed E-state index contributed by atoms with van der Waals surface area (Å²) < 4.78 is 28.0. The summed E-state index contributed by atoms with van der Waals surface area (Å²) in [5.41, 5.74) is 0.732. The molecule has 0 N–H and O–H groups in total. The Morgan fingerprint density at radius 1 is 1.14 bits per heavy atom. The predicted molar refractivity (Wildman–Crippen MR) is 93.6 cm³/mol. The minimum absolute atomic E-state index is 0.105. The average molecular weight is 380 g/mol.